The highest BCUT2D eigenvalue weighted by molar-refractivity contribution is 5.53. The molecule has 2 aromatic rings. The van der Waals surface area contributed by atoms with E-state index in [9.17, 15) is 10.1 Å². The predicted octanol–water partition coefficient (Wildman–Crippen LogP) is 1.43. The molecule has 21 heavy (non-hydrogen) atoms. The van der Waals surface area contributed by atoms with Gasteiger partial charge in [0.25, 0.3) is 0 Å². The van der Waals surface area contributed by atoms with Crippen LogP contribution < -0.4 is 11.1 Å². The largest absolute Gasteiger partial charge is 0.378 e. The molecule has 0 saturated carbocycles. The molecule has 0 spiro atoms. The van der Waals surface area contributed by atoms with Crippen LogP contribution in [0.2, 0.25) is 0 Å². The fourth-order valence-corrected chi connectivity index (χ4v) is 1.84. The molecule has 2 aromatic heterocycles. The van der Waals surface area contributed by atoms with E-state index in [1.54, 1.807) is 6.20 Å². The number of nitrogens with zero attached hydrogens (tertiary/aromatic N) is 5. The van der Waals surface area contributed by atoms with Gasteiger partial charge in [-0.15, -0.1) is 0 Å². The van der Waals surface area contributed by atoms with Crippen molar-refractivity contribution >= 4 is 17.5 Å². The molecule has 2 rings (SSSR count). The first kappa shape index (κ1) is 14.7. The van der Waals surface area contributed by atoms with Crippen molar-refractivity contribution in [3.8, 4) is 0 Å². The number of nitrogens with two attached hydrogens (primary N) is 1. The minimum absolute atomic E-state index is 0.164. The summed E-state index contributed by atoms with van der Waals surface area (Å²) in [6.07, 6.45) is 4.72. The molecule has 9 heteroatoms. The van der Waals surface area contributed by atoms with E-state index >= 15 is 0 Å². The molecule has 0 aliphatic rings. The van der Waals surface area contributed by atoms with Gasteiger partial charge >= 0.3 is 5.69 Å². The van der Waals surface area contributed by atoms with Crippen molar-refractivity contribution in [3.05, 3.63) is 34.5 Å². The monoisotopic (exact) mass is 291 g/mol. The van der Waals surface area contributed by atoms with Crippen LogP contribution in [0.5, 0.6) is 0 Å². The Morgan fingerprint density at radius 3 is 2.86 bits per heavy atom. The Balaban J connectivity index is 2.05. The molecule has 2 heterocycles. The van der Waals surface area contributed by atoms with Crippen LogP contribution in [0.15, 0.2) is 18.6 Å². The van der Waals surface area contributed by atoms with Crippen LogP contribution in [0.1, 0.15) is 19.7 Å². The summed E-state index contributed by atoms with van der Waals surface area (Å²) in [5.41, 5.74) is 5.21. The molecule has 0 aromatic carbocycles. The van der Waals surface area contributed by atoms with Gasteiger partial charge in [-0.1, -0.05) is 13.8 Å². The summed E-state index contributed by atoms with van der Waals surface area (Å²) in [7, 11) is 0. The second kappa shape index (κ2) is 6.16. The molecular formula is C12H17N7O2. The Labute approximate surface area is 121 Å². The average molecular weight is 291 g/mol. The third-order valence-corrected chi connectivity index (χ3v) is 2.76. The minimum atomic E-state index is -0.617. The maximum Gasteiger partial charge on any atom is 0.329 e. The van der Waals surface area contributed by atoms with Gasteiger partial charge in [0.1, 0.15) is 12.0 Å². The molecular weight excluding hydrogens is 274 g/mol. The van der Waals surface area contributed by atoms with Gasteiger partial charge in [-0.25, -0.2) is 9.97 Å². The van der Waals surface area contributed by atoms with Crippen LogP contribution in [0.4, 0.5) is 17.5 Å². The summed E-state index contributed by atoms with van der Waals surface area (Å²) < 4.78 is 2.03. The van der Waals surface area contributed by atoms with Crippen molar-refractivity contribution in [2.45, 2.75) is 26.9 Å². The van der Waals surface area contributed by atoms with E-state index in [4.69, 9.17) is 5.73 Å². The molecule has 0 atom stereocenters. The van der Waals surface area contributed by atoms with Crippen molar-refractivity contribution in [3.63, 3.8) is 0 Å². The van der Waals surface area contributed by atoms with E-state index in [-0.39, 0.29) is 17.5 Å². The number of nitro groups is 1. The lowest BCUT2D eigenvalue weighted by molar-refractivity contribution is -0.384. The predicted molar refractivity (Wildman–Crippen MR) is 77.5 cm³/mol. The number of rotatable bonds is 6. The summed E-state index contributed by atoms with van der Waals surface area (Å²) in [5.74, 6) is 1.41. The highest BCUT2D eigenvalue weighted by Crippen LogP contribution is 2.18. The molecule has 3 N–H and O–H groups in total. The number of aromatic nitrogens is 4. The van der Waals surface area contributed by atoms with Crippen molar-refractivity contribution in [1.82, 2.24) is 19.5 Å². The number of anilines is 2. The van der Waals surface area contributed by atoms with Crippen LogP contribution in [-0.2, 0) is 13.1 Å². The lowest BCUT2D eigenvalue weighted by atomic mass is 10.2. The molecule has 0 unspecified atom stereocenters. The molecule has 9 nitrogen and oxygen atoms in total. The molecule has 0 amide bonds. The molecule has 112 valence electrons. The zero-order valence-corrected chi connectivity index (χ0v) is 11.9. The number of hydrogen-bond donors (Lipinski definition) is 2. The second-order valence-corrected chi connectivity index (χ2v) is 4.96. The fourth-order valence-electron chi connectivity index (χ4n) is 1.84. The third kappa shape index (κ3) is 3.65. The highest BCUT2D eigenvalue weighted by Gasteiger charge is 2.14. The average Bonchev–Trinajstić information content (AvgIpc) is 2.82. The number of nitrogen functional groups attached to an aromatic ring is 1. The summed E-state index contributed by atoms with van der Waals surface area (Å²) in [4.78, 5) is 22.0. The van der Waals surface area contributed by atoms with Gasteiger partial charge < -0.3 is 15.6 Å². The SMILES string of the molecule is CC(C)Cn1ccnc1CNc1ncc([N+](=O)[O-])c(N)n1. The zero-order valence-electron chi connectivity index (χ0n) is 11.9. The van der Waals surface area contributed by atoms with E-state index in [1.807, 2.05) is 10.8 Å². The lowest BCUT2D eigenvalue weighted by Gasteiger charge is -2.11. The summed E-state index contributed by atoms with van der Waals surface area (Å²) >= 11 is 0. The first-order valence-electron chi connectivity index (χ1n) is 6.48. The van der Waals surface area contributed by atoms with Crippen LogP contribution in [-0.4, -0.2) is 24.4 Å². The van der Waals surface area contributed by atoms with Gasteiger partial charge in [-0.2, -0.15) is 4.98 Å². The topological polar surface area (TPSA) is 125 Å². The van der Waals surface area contributed by atoms with Gasteiger partial charge in [0.05, 0.1) is 11.5 Å². The normalized spacial score (nSPS) is 10.8. The van der Waals surface area contributed by atoms with Gasteiger partial charge in [-0.3, -0.25) is 10.1 Å². The Morgan fingerprint density at radius 1 is 1.48 bits per heavy atom. The summed E-state index contributed by atoms with van der Waals surface area (Å²) in [6, 6.07) is 0. The van der Waals surface area contributed by atoms with E-state index in [1.165, 1.54) is 0 Å². The maximum absolute atomic E-state index is 10.6. The molecule has 0 aliphatic carbocycles. The maximum atomic E-state index is 10.6. The summed E-state index contributed by atoms with van der Waals surface area (Å²) in [5, 5.41) is 13.6. The van der Waals surface area contributed by atoms with Crippen LogP contribution in [0.25, 0.3) is 0 Å². The van der Waals surface area contributed by atoms with Crippen LogP contribution in [0.3, 0.4) is 0 Å². The standard InChI is InChI=1S/C12H17N7O2/c1-8(2)7-18-4-3-14-10(18)6-16-12-15-5-9(19(20)21)11(13)17-12/h3-5,8H,6-7H2,1-2H3,(H3,13,15,16,17). The van der Waals surface area contributed by atoms with E-state index in [0.29, 0.717) is 12.5 Å². The number of nitrogens with one attached hydrogen (secondary N) is 1. The zero-order chi connectivity index (χ0) is 15.4. The Hall–Kier alpha value is -2.71. The van der Waals surface area contributed by atoms with E-state index in [0.717, 1.165) is 18.6 Å². The number of hydrogen-bond acceptors (Lipinski definition) is 7. The Morgan fingerprint density at radius 2 is 2.24 bits per heavy atom. The quantitative estimate of drug-likeness (QED) is 0.609. The fraction of sp³-hybridized carbons (Fsp3) is 0.417. The third-order valence-electron chi connectivity index (χ3n) is 2.76. The Bertz CT molecular complexity index is 638. The van der Waals surface area contributed by atoms with Gasteiger partial charge in [0.2, 0.25) is 11.8 Å². The van der Waals surface area contributed by atoms with E-state index in [2.05, 4.69) is 34.1 Å². The second-order valence-electron chi connectivity index (χ2n) is 4.96. The molecule has 0 radical (unpaired) electrons. The van der Waals surface area contributed by atoms with Gasteiger partial charge in [-0.05, 0) is 5.92 Å². The minimum Gasteiger partial charge on any atom is -0.378 e. The van der Waals surface area contributed by atoms with E-state index < -0.39 is 4.92 Å². The summed E-state index contributed by atoms with van der Waals surface area (Å²) in [6.45, 7) is 5.52. The van der Waals surface area contributed by atoms with Crippen LogP contribution in [0, 0.1) is 16.0 Å². The van der Waals surface area contributed by atoms with Crippen molar-refractivity contribution in [2.75, 3.05) is 11.1 Å². The molecule has 0 bridgehead atoms. The first-order chi connectivity index (χ1) is 9.97. The first-order valence-corrected chi connectivity index (χ1v) is 6.48. The highest BCUT2D eigenvalue weighted by atomic mass is 16.6. The lowest BCUT2D eigenvalue weighted by Crippen LogP contribution is -2.13. The Kier molecular flexibility index (Phi) is 4.31. The molecule has 0 saturated heterocycles. The van der Waals surface area contributed by atoms with Crippen molar-refractivity contribution in [2.24, 2.45) is 5.92 Å². The molecule has 0 aliphatic heterocycles. The van der Waals surface area contributed by atoms with Crippen LogP contribution >= 0.6 is 0 Å². The smallest absolute Gasteiger partial charge is 0.329 e. The van der Waals surface area contributed by atoms with Crippen molar-refractivity contribution in [1.29, 1.82) is 0 Å². The number of imidazole rings is 1. The van der Waals surface area contributed by atoms with Gasteiger partial charge in [0.15, 0.2) is 0 Å². The molecule has 0 fully saturated rings. The van der Waals surface area contributed by atoms with Gasteiger partial charge in [0, 0.05) is 18.9 Å². The van der Waals surface area contributed by atoms with Crippen molar-refractivity contribution < 1.29 is 4.92 Å².